The molecule has 0 bridgehead atoms. The van der Waals surface area contributed by atoms with Gasteiger partial charge in [-0.1, -0.05) is 19.1 Å². The molecule has 25 heavy (non-hydrogen) atoms. The Balaban J connectivity index is 1.73. The van der Waals surface area contributed by atoms with E-state index in [-0.39, 0.29) is 30.0 Å². The van der Waals surface area contributed by atoms with E-state index < -0.39 is 6.10 Å². The predicted octanol–water partition coefficient (Wildman–Crippen LogP) is 3.56. The van der Waals surface area contributed by atoms with Crippen LogP contribution in [0.5, 0.6) is 11.5 Å². The third-order valence-corrected chi connectivity index (χ3v) is 5.73. The Bertz CT molecular complexity index is 752. The minimum absolute atomic E-state index is 0.0317. The zero-order valence-corrected chi connectivity index (χ0v) is 14.5. The van der Waals surface area contributed by atoms with Crippen LogP contribution < -0.4 is 9.47 Å². The van der Waals surface area contributed by atoms with Gasteiger partial charge in [-0.3, -0.25) is 4.79 Å². The number of rotatable bonds is 4. The van der Waals surface area contributed by atoms with Gasteiger partial charge in [0.25, 0.3) is 0 Å². The lowest BCUT2D eigenvalue weighted by Crippen LogP contribution is -2.39. The highest BCUT2D eigenvalue weighted by Gasteiger charge is 2.55. The van der Waals surface area contributed by atoms with Crippen LogP contribution in [0.1, 0.15) is 31.4 Å². The Morgan fingerprint density at radius 2 is 2.16 bits per heavy atom. The van der Waals surface area contributed by atoms with Crippen molar-refractivity contribution >= 4 is 5.78 Å². The molecule has 1 aromatic rings. The van der Waals surface area contributed by atoms with Crippen LogP contribution in [0.15, 0.2) is 42.7 Å². The number of carbonyl (C=O) groups excluding carboxylic acids is 1. The molecule has 1 aliphatic carbocycles. The summed E-state index contributed by atoms with van der Waals surface area (Å²) in [5.74, 6) is 2.38. The van der Waals surface area contributed by atoms with Gasteiger partial charge in [-0.2, -0.15) is 0 Å². The van der Waals surface area contributed by atoms with Gasteiger partial charge >= 0.3 is 0 Å². The van der Waals surface area contributed by atoms with Gasteiger partial charge in [0.2, 0.25) is 6.79 Å². The maximum absolute atomic E-state index is 12.3. The number of allylic oxidation sites excluding steroid dienone is 2. The van der Waals surface area contributed by atoms with Crippen molar-refractivity contribution in [3.63, 3.8) is 0 Å². The third kappa shape index (κ3) is 2.37. The first-order chi connectivity index (χ1) is 12.1. The van der Waals surface area contributed by atoms with E-state index in [1.54, 1.807) is 13.2 Å². The van der Waals surface area contributed by atoms with Crippen molar-refractivity contribution in [3.05, 3.63) is 48.3 Å². The number of ketones is 1. The van der Waals surface area contributed by atoms with E-state index in [0.717, 1.165) is 29.2 Å². The topological polar surface area (TPSA) is 54.0 Å². The predicted molar refractivity (Wildman–Crippen MR) is 91.3 cm³/mol. The van der Waals surface area contributed by atoms with Gasteiger partial charge in [0.15, 0.2) is 17.3 Å². The molecule has 2 aliphatic heterocycles. The Morgan fingerprint density at radius 1 is 1.36 bits per heavy atom. The standard InChI is InChI=1S/C20H22O5/c1-4-7-20-10-17(22-3)14(21)9-18(20)25-19(12(20)2)13-5-6-15-16(8-13)24-11-23-15/h4-6,8-9,12,17,19H,1,7,10-11H2,2-3H3/t12-,17?,19+,20-/m1/s1. The highest BCUT2D eigenvalue weighted by Crippen LogP contribution is 2.59. The van der Waals surface area contributed by atoms with Crippen molar-refractivity contribution in [3.8, 4) is 11.5 Å². The van der Waals surface area contributed by atoms with E-state index in [9.17, 15) is 4.79 Å². The number of hydrogen-bond donors (Lipinski definition) is 0. The Labute approximate surface area is 147 Å². The summed E-state index contributed by atoms with van der Waals surface area (Å²) >= 11 is 0. The second-order valence-electron chi connectivity index (χ2n) is 6.93. The van der Waals surface area contributed by atoms with Gasteiger partial charge in [0.05, 0.1) is 0 Å². The summed E-state index contributed by atoms with van der Waals surface area (Å²) in [4.78, 5) is 12.3. The lowest BCUT2D eigenvalue weighted by atomic mass is 9.65. The van der Waals surface area contributed by atoms with Gasteiger partial charge in [-0.15, -0.1) is 6.58 Å². The maximum Gasteiger partial charge on any atom is 0.231 e. The summed E-state index contributed by atoms with van der Waals surface area (Å²) in [6, 6.07) is 5.88. The molecule has 3 aliphatic rings. The second kappa shape index (κ2) is 5.92. The van der Waals surface area contributed by atoms with Crippen molar-refractivity contribution < 1.29 is 23.7 Å². The van der Waals surface area contributed by atoms with E-state index in [1.165, 1.54) is 0 Å². The van der Waals surface area contributed by atoms with Crippen molar-refractivity contribution in [2.75, 3.05) is 13.9 Å². The van der Waals surface area contributed by atoms with E-state index in [1.807, 2.05) is 24.3 Å². The quantitative estimate of drug-likeness (QED) is 0.783. The number of hydrogen-bond acceptors (Lipinski definition) is 5. The van der Waals surface area contributed by atoms with Gasteiger partial charge in [-0.05, 0) is 30.5 Å². The normalized spacial score (nSPS) is 32.8. The molecule has 0 radical (unpaired) electrons. The molecule has 1 unspecified atom stereocenters. The van der Waals surface area contributed by atoms with Crippen LogP contribution in [0.25, 0.3) is 0 Å². The fraction of sp³-hybridized carbons (Fsp3) is 0.450. The first-order valence-corrected chi connectivity index (χ1v) is 8.55. The zero-order valence-electron chi connectivity index (χ0n) is 14.5. The minimum Gasteiger partial charge on any atom is -0.489 e. The van der Waals surface area contributed by atoms with Crippen LogP contribution in [0, 0.1) is 11.3 Å². The monoisotopic (exact) mass is 342 g/mol. The molecule has 5 heteroatoms. The number of ether oxygens (including phenoxy) is 4. The molecule has 0 spiro atoms. The Hall–Kier alpha value is -2.27. The summed E-state index contributed by atoms with van der Waals surface area (Å²) in [6.45, 7) is 6.33. The highest BCUT2D eigenvalue weighted by molar-refractivity contribution is 5.95. The van der Waals surface area contributed by atoms with Crippen LogP contribution in [0.2, 0.25) is 0 Å². The van der Waals surface area contributed by atoms with Crippen LogP contribution in [0.4, 0.5) is 0 Å². The summed E-state index contributed by atoms with van der Waals surface area (Å²) < 4.78 is 22.6. The van der Waals surface area contributed by atoms with Crippen molar-refractivity contribution in [1.82, 2.24) is 0 Å². The molecule has 0 N–H and O–H groups in total. The molecule has 2 heterocycles. The average Bonchev–Trinajstić information content (AvgIpc) is 3.18. The largest absolute Gasteiger partial charge is 0.489 e. The van der Waals surface area contributed by atoms with Gasteiger partial charge in [-0.25, -0.2) is 0 Å². The summed E-state index contributed by atoms with van der Waals surface area (Å²) in [5.41, 5.74) is 0.758. The fourth-order valence-electron chi connectivity index (χ4n) is 4.26. The van der Waals surface area contributed by atoms with Crippen LogP contribution in [-0.2, 0) is 14.3 Å². The molecular formula is C20H22O5. The number of benzene rings is 1. The SMILES string of the molecule is C=CC[C@]12CC(OC)C(=O)C=C1O[C@H](c1ccc3c(c1)OCO3)[C@H]2C. The third-order valence-electron chi connectivity index (χ3n) is 5.73. The molecule has 1 fully saturated rings. The summed E-state index contributed by atoms with van der Waals surface area (Å²) in [6.07, 6.45) is 4.30. The zero-order chi connectivity index (χ0) is 17.6. The van der Waals surface area contributed by atoms with Gasteiger partial charge < -0.3 is 18.9 Å². The number of fused-ring (bicyclic) bond motifs is 2. The molecule has 1 aromatic carbocycles. The van der Waals surface area contributed by atoms with E-state index in [0.29, 0.717) is 6.42 Å². The summed E-state index contributed by atoms with van der Waals surface area (Å²) in [5, 5.41) is 0. The number of methoxy groups -OCH3 is 1. The van der Waals surface area contributed by atoms with Crippen molar-refractivity contribution in [2.45, 2.75) is 32.0 Å². The average molecular weight is 342 g/mol. The van der Waals surface area contributed by atoms with E-state index in [4.69, 9.17) is 18.9 Å². The highest BCUT2D eigenvalue weighted by atomic mass is 16.7. The lowest BCUT2D eigenvalue weighted by molar-refractivity contribution is -0.127. The Kier molecular flexibility index (Phi) is 3.84. The van der Waals surface area contributed by atoms with E-state index in [2.05, 4.69) is 13.5 Å². The summed E-state index contributed by atoms with van der Waals surface area (Å²) in [7, 11) is 1.58. The molecule has 5 nitrogen and oxygen atoms in total. The molecule has 1 saturated heterocycles. The van der Waals surface area contributed by atoms with E-state index >= 15 is 0 Å². The minimum atomic E-state index is -0.426. The molecular weight excluding hydrogens is 320 g/mol. The smallest absolute Gasteiger partial charge is 0.231 e. The first-order valence-electron chi connectivity index (χ1n) is 8.55. The second-order valence-corrected chi connectivity index (χ2v) is 6.93. The molecule has 4 rings (SSSR count). The van der Waals surface area contributed by atoms with Crippen LogP contribution in [-0.4, -0.2) is 25.8 Å². The van der Waals surface area contributed by atoms with Crippen molar-refractivity contribution in [2.24, 2.45) is 11.3 Å². The van der Waals surface area contributed by atoms with Gasteiger partial charge in [0.1, 0.15) is 18.0 Å². The van der Waals surface area contributed by atoms with Crippen molar-refractivity contribution in [1.29, 1.82) is 0 Å². The molecule has 4 atom stereocenters. The maximum atomic E-state index is 12.3. The Morgan fingerprint density at radius 3 is 2.92 bits per heavy atom. The lowest BCUT2D eigenvalue weighted by Gasteiger charge is -2.37. The number of carbonyl (C=O) groups is 1. The van der Waals surface area contributed by atoms with Crippen LogP contribution in [0.3, 0.4) is 0 Å². The molecule has 0 saturated carbocycles. The first kappa shape index (κ1) is 16.2. The van der Waals surface area contributed by atoms with Gasteiger partial charge in [0, 0.05) is 24.5 Å². The molecule has 0 amide bonds. The fourth-order valence-corrected chi connectivity index (χ4v) is 4.26. The van der Waals surface area contributed by atoms with Crippen LogP contribution >= 0.6 is 0 Å². The molecule has 132 valence electrons. The molecule has 0 aromatic heterocycles.